The van der Waals surface area contributed by atoms with E-state index in [4.69, 9.17) is 4.74 Å². The third-order valence-electron chi connectivity index (χ3n) is 3.59. The molecule has 0 aliphatic carbocycles. The smallest absolute Gasteiger partial charge is 0.191 e. The van der Waals surface area contributed by atoms with Crippen molar-refractivity contribution < 1.29 is 4.74 Å². The molecule has 1 atom stereocenters. The molecule has 6 heteroatoms. The molecule has 1 aromatic heterocycles. The zero-order chi connectivity index (χ0) is 16.5. The number of benzene rings is 1. The average molecular weight is 459 g/mol. The molecule has 1 aromatic carbocycles. The molecule has 0 aliphatic heterocycles. The van der Waals surface area contributed by atoms with Crippen LogP contribution in [0.2, 0.25) is 0 Å². The number of nitrogens with zero attached hydrogens (tertiary/aromatic N) is 1. The van der Waals surface area contributed by atoms with Gasteiger partial charge in [0, 0.05) is 19.0 Å². The van der Waals surface area contributed by atoms with E-state index in [1.165, 1.54) is 11.1 Å². The van der Waals surface area contributed by atoms with E-state index in [1.807, 2.05) is 18.2 Å². The van der Waals surface area contributed by atoms with Crippen LogP contribution in [-0.4, -0.2) is 26.2 Å². The van der Waals surface area contributed by atoms with Gasteiger partial charge in [-0.25, -0.2) is 4.99 Å². The van der Waals surface area contributed by atoms with Crippen molar-refractivity contribution in [2.24, 2.45) is 4.99 Å². The third kappa shape index (κ3) is 6.32. The Kier molecular flexibility index (Phi) is 9.78. The van der Waals surface area contributed by atoms with Crippen molar-refractivity contribution in [3.05, 3.63) is 52.2 Å². The molecule has 132 valence electrons. The Morgan fingerprint density at radius 2 is 2.04 bits per heavy atom. The van der Waals surface area contributed by atoms with Gasteiger partial charge in [0.15, 0.2) is 5.96 Å². The fourth-order valence-corrected chi connectivity index (χ4v) is 2.99. The molecule has 0 fully saturated rings. The van der Waals surface area contributed by atoms with Gasteiger partial charge in [-0.2, -0.15) is 11.3 Å². The summed E-state index contributed by atoms with van der Waals surface area (Å²) in [7, 11) is 1.71. The second-order valence-electron chi connectivity index (χ2n) is 5.35. The number of ether oxygens (including phenoxy) is 1. The third-order valence-corrected chi connectivity index (χ3v) is 4.32. The quantitative estimate of drug-likeness (QED) is 0.370. The highest BCUT2D eigenvalue weighted by molar-refractivity contribution is 14.0. The van der Waals surface area contributed by atoms with Gasteiger partial charge in [-0.3, -0.25) is 0 Å². The van der Waals surface area contributed by atoms with Crippen molar-refractivity contribution >= 4 is 41.3 Å². The Morgan fingerprint density at radius 3 is 2.71 bits per heavy atom. The van der Waals surface area contributed by atoms with Gasteiger partial charge in [0.25, 0.3) is 0 Å². The van der Waals surface area contributed by atoms with Crippen molar-refractivity contribution in [3.8, 4) is 5.75 Å². The minimum Gasteiger partial charge on any atom is -0.496 e. The molecule has 2 aromatic rings. The van der Waals surface area contributed by atoms with Crippen LogP contribution in [-0.2, 0) is 6.54 Å². The lowest BCUT2D eigenvalue weighted by molar-refractivity contribution is 0.406. The fraction of sp³-hybridized carbons (Fsp3) is 0.389. The molecule has 2 rings (SSSR count). The Bertz CT molecular complexity index is 616. The molecule has 0 saturated carbocycles. The zero-order valence-corrected chi connectivity index (χ0v) is 17.6. The van der Waals surface area contributed by atoms with Gasteiger partial charge in [0.05, 0.1) is 13.7 Å². The van der Waals surface area contributed by atoms with E-state index >= 15 is 0 Å². The Morgan fingerprint density at radius 1 is 1.25 bits per heavy atom. The maximum atomic E-state index is 5.44. The van der Waals surface area contributed by atoms with Crippen LogP contribution in [0.25, 0.3) is 0 Å². The lowest BCUT2D eigenvalue weighted by Crippen LogP contribution is -2.39. The second-order valence-corrected chi connectivity index (χ2v) is 6.13. The molecule has 0 bridgehead atoms. The molecule has 0 saturated heterocycles. The molecule has 0 amide bonds. The van der Waals surface area contributed by atoms with Gasteiger partial charge in [-0.1, -0.05) is 25.1 Å². The number of hydrogen-bond acceptors (Lipinski definition) is 3. The Hall–Kier alpha value is -1.28. The largest absolute Gasteiger partial charge is 0.496 e. The lowest BCUT2D eigenvalue weighted by Gasteiger charge is -2.18. The van der Waals surface area contributed by atoms with E-state index in [1.54, 1.807) is 18.4 Å². The lowest BCUT2D eigenvalue weighted by atomic mass is 10.0. The molecule has 4 nitrogen and oxygen atoms in total. The zero-order valence-electron chi connectivity index (χ0n) is 14.4. The number of thiophene rings is 1. The van der Waals surface area contributed by atoms with Gasteiger partial charge in [0.2, 0.25) is 0 Å². The van der Waals surface area contributed by atoms with Crippen LogP contribution in [0.15, 0.2) is 46.1 Å². The number of para-hydroxylation sites is 1. The number of guanidine groups is 1. The van der Waals surface area contributed by atoms with Gasteiger partial charge >= 0.3 is 0 Å². The topological polar surface area (TPSA) is 45.7 Å². The number of methoxy groups -OCH3 is 1. The Labute approximate surface area is 165 Å². The molecule has 0 radical (unpaired) electrons. The van der Waals surface area contributed by atoms with Gasteiger partial charge in [0.1, 0.15) is 5.75 Å². The van der Waals surface area contributed by atoms with E-state index in [-0.39, 0.29) is 24.0 Å². The standard InChI is InChI=1S/C18H25N3OS.HI/c1-4-19-18(21-12-15-9-10-23-13-15)20-11-14(2)16-7-5-6-8-17(16)22-3;/h5-10,13-14H,4,11-12H2,1-3H3,(H2,19,20,21);1H. The monoisotopic (exact) mass is 459 g/mol. The first-order chi connectivity index (χ1) is 11.2. The number of halogens is 1. The molecule has 0 spiro atoms. The minimum atomic E-state index is 0. The summed E-state index contributed by atoms with van der Waals surface area (Å²) in [6, 6.07) is 10.3. The van der Waals surface area contributed by atoms with Crippen molar-refractivity contribution in [1.82, 2.24) is 10.6 Å². The minimum absolute atomic E-state index is 0. The maximum absolute atomic E-state index is 5.44. The highest BCUT2D eigenvalue weighted by Gasteiger charge is 2.11. The molecule has 0 aliphatic rings. The summed E-state index contributed by atoms with van der Waals surface area (Å²) in [5.74, 6) is 2.11. The van der Waals surface area contributed by atoms with Crippen LogP contribution < -0.4 is 15.4 Å². The molecule has 1 heterocycles. The normalized spacial score (nSPS) is 12.2. The van der Waals surface area contributed by atoms with Crippen molar-refractivity contribution in [1.29, 1.82) is 0 Å². The van der Waals surface area contributed by atoms with Crippen LogP contribution in [0, 0.1) is 0 Å². The van der Waals surface area contributed by atoms with Crippen LogP contribution in [0.5, 0.6) is 5.75 Å². The van der Waals surface area contributed by atoms with E-state index in [0.717, 1.165) is 24.8 Å². The van der Waals surface area contributed by atoms with Gasteiger partial charge < -0.3 is 15.4 Å². The van der Waals surface area contributed by atoms with Crippen molar-refractivity contribution in [2.45, 2.75) is 26.3 Å². The summed E-state index contributed by atoms with van der Waals surface area (Å²) in [4.78, 5) is 4.63. The van der Waals surface area contributed by atoms with Crippen LogP contribution in [0.1, 0.15) is 30.9 Å². The summed E-state index contributed by atoms with van der Waals surface area (Å²) in [5.41, 5.74) is 2.45. The first kappa shape index (κ1) is 20.8. The fourth-order valence-electron chi connectivity index (χ4n) is 2.33. The Balaban J connectivity index is 0.00000288. The average Bonchev–Trinajstić information content (AvgIpc) is 3.10. The van der Waals surface area contributed by atoms with E-state index in [2.05, 4.69) is 52.4 Å². The van der Waals surface area contributed by atoms with E-state index < -0.39 is 0 Å². The molecular weight excluding hydrogens is 433 g/mol. The molecular formula is C18H26IN3OS. The first-order valence-corrected chi connectivity index (χ1v) is 8.85. The highest BCUT2D eigenvalue weighted by Crippen LogP contribution is 2.25. The number of rotatable bonds is 7. The number of aliphatic imine (C=N–C) groups is 1. The highest BCUT2D eigenvalue weighted by atomic mass is 127. The second kappa shape index (κ2) is 11.3. The summed E-state index contributed by atoms with van der Waals surface area (Å²) >= 11 is 1.70. The predicted molar refractivity (Wildman–Crippen MR) is 114 cm³/mol. The first-order valence-electron chi connectivity index (χ1n) is 7.90. The SMILES string of the molecule is CCNC(=NCc1ccsc1)NCC(C)c1ccccc1OC.I. The summed E-state index contributed by atoms with van der Waals surface area (Å²) < 4.78 is 5.44. The molecule has 24 heavy (non-hydrogen) atoms. The molecule has 1 unspecified atom stereocenters. The predicted octanol–water partition coefficient (Wildman–Crippen LogP) is 4.23. The van der Waals surface area contributed by atoms with Gasteiger partial charge in [-0.05, 0) is 40.9 Å². The van der Waals surface area contributed by atoms with Crippen molar-refractivity contribution in [2.75, 3.05) is 20.2 Å². The summed E-state index contributed by atoms with van der Waals surface area (Å²) in [5, 5.41) is 10.9. The number of nitrogens with one attached hydrogen (secondary N) is 2. The van der Waals surface area contributed by atoms with E-state index in [9.17, 15) is 0 Å². The summed E-state index contributed by atoms with van der Waals surface area (Å²) in [6.07, 6.45) is 0. The van der Waals surface area contributed by atoms with Crippen LogP contribution in [0.3, 0.4) is 0 Å². The molecule has 2 N–H and O–H groups in total. The summed E-state index contributed by atoms with van der Waals surface area (Å²) in [6.45, 7) is 6.61. The number of hydrogen-bond donors (Lipinski definition) is 2. The van der Waals surface area contributed by atoms with Gasteiger partial charge in [-0.15, -0.1) is 24.0 Å². The van der Waals surface area contributed by atoms with Crippen molar-refractivity contribution in [3.63, 3.8) is 0 Å². The maximum Gasteiger partial charge on any atom is 0.191 e. The van der Waals surface area contributed by atoms with E-state index in [0.29, 0.717) is 12.5 Å². The van der Waals surface area contributed by atoms with Crippen LogP contribution in [0.4, 0.5) is 0 Å². The van der Waals surface area contributed by atoms with Crippen LogP contribution >= 0.6 is 35.3 Å².